The molecule has 3 heterocycles. The molecule has 2 N–H and O–H groups in total. The number of aromatic amines is 1. The van der Waals surface area contributed by atoms with Crippen LogP contribution >= 0.6 is 11.6 Å². The van der Waals surface area contributed by atoms with Crippen LogP contribution in [0, 0.1) is 0 Å². The Morgan fingerprint density at radius 2 is 2.25 bits per heavy atom. The number of anilines is 1. The van der Waals surface area contributed by atoms with Crippen LogP contribution in [0.2, 0.25) is 5.02 Å². The molecule has 6 heteroatoms. The topological polar surface area (TPSA) is 70.7 Å². The molecule has 20 heavy (non-hydrogen) atoms. The van der Waals surface area contributed by atoms with E-state index in [9.17, 15) is 4.79 Å². The average Bonchev–Trinajstić information content (AvgIpc) is 2.81. The molecule has 0 radical (unpaired) electrons. The van der Waals surface area contributed by atoms with Gasteiger partial charge in [0.1, 0.15) is 11.5 Å². The summed E-state index contributed by atoms with van der Waals surface area (Å²) in [5.74, 6) is 0.359. The first-order valence-electron chi connectivity index (χ1n) is 6.01. The molecule has 0 unspecified atom stereocenters. The first kappa shape index (κ1) is 12.6. The molecule has 0 aliphatic heterocycles. The van der Waals surface area contributed by atoms with E-state index in [1.807, 2.05) is 24.4 Å². The van der Waals surface area contributed by atoms with Gasteiger partial charge < -0.3 is 10.3 Å². The zero-order valence-electron chi connectivity index (χ0n) is 10.6. The van der Waals surface area contributed by atoms with Gasteiger partial charge in [0.2, 0.25) is 5.91 Å². The normalized spacial score (nSPS) is 10.7. The molecule has 0 aliphatic rings. The fourth-order valence-electron chi connectivity index (χ4n) is 2.02. The van der Waals surface area contributed by atoms with E-state index in [1.165, 1.54) is 6.92 Å². The highest BCUT2D eigenvalue weighted by Gasteiger charge is 2.09. The van der Waals surface area contributed by atoms with Crippen molar-refractivity contribution >= 4 is 34.4 Å². The van der Waals surface area contributed by atoms with Crippen LogP contribution in [-0.4, -0.2) is 20.9 Å². The SMILES string of the molecule is CC(=O)Nc1cccc(-c2c[nH]c3ncc(Cl)cc23)n1. The molecule has 3 rings (SSSR count). The Morgan fingerprint density at radius 3 is 3.05 bits per heavy atom. The highest BCUT2D eigenvalue weighted by molar-refractivity contribution is 6.31. The van der Waals surface area contributed by atoms with Crippen LogP contribution in [0.4, 0.5) is 5.82 Å². The molecule has 0 spiro atoms. The van der Waals surface area contributed by atoms with E-state index in [2.05, 4.69) is 20.3 Å². The van der Waals surface area contributed by atoms with E-state index < -0.39 is 0 Å². The van der Waals surface area contributed by atoms with E-state index in [0.717, 1.165) is 22.3 Å². The van der Waals surface area contributed by atoms with Gasteiger partial charge in [-0.25, -0.2) is 9.97 Å². The Hall–Kier alpha value is -2.40. The van der Waals surface area contributed by atoms with E-state index in [4.69, 9.17) is 11.6 Å². The number of aromatic nitrogens is 3. The Balaban J connectivity index is 2.11. The van der Waals surface area contributed by atoms with Crippen molar-refractivity contribution in [3.8, 4) is 11.3 Å². The number of amides is 1. The lowest BCUT2D eigenvalue weighted by molar-refractivity contribution is -0.114. The molecule has 0 fully saturated rings. The van der Waals surface area contributed by atoms with E-state index >= 15 is 0 Å². The lowest BCUT2D eigenvalue weighted by Gasteiger charge is -2.04. The van der Waals surface area contributed by atoms with Gasteiger partial charge in [0, 0.05) is 30.3 Å². The lowest BCUT2D eigenvalue weighted by atomic mass is 10.1. The number of pyridine rings is 2. The number of carbonyl (C=O) groups is 1. The van der Waals surface area contributed by atoms with Crippen LogP contribution in [0.5, 0.6) is 0 Å². The van der Waals surface area contributed by atoms with Crippen molar-refractivity contribution in [2.45, 2.75) is 6.92 Å². The summed E-state index contributed by atoms with van der Waals surface area (Å²) in [6, 6.07) is 7.28. The lowest BCUT2D eigenvalue weighted by Crippen LogP contribution is -2.07. The van der Waals surface area contributed by atoms with Gasteiger partial charge in [0.15, 0.2) is 0 Å². The zero-order valence-corrected chi connectivity index (χ0v) is 11.4. The van der Waals surface area contributed by atoms with Crippen molar-refractivity contribution < 1.29 is 4.79 Å². The molecule has 100 valence electrons. The monoisotopic (exact) mass is 286 g/mol. The van der Waals surface area contributed by atoms with Gasteiger partial charge >= 0.3 is 0 Å². The maximum Gasteiger partial charge on any atom is 0.222 e. The molecule has 0 saturated carbocycles. The fourth-order valence-corrected chi connectivity index (χ4v) is 2.18. The Labute approximate surface area is 120 Å². The van der Waals surface area contributed by atoms with Crippen LogP contribution in [0.3, 0.4) is 0 Å². The van der Waals surface area contributed by atoms with Crippen LogP contribution in [0.25, 0.3) is 22.3 Å². The second-order valence-electron chi connectivity index (χ2n) is 4.34. The molecular formula is C14H11ClN4O. The van der Waals surface area contributed by atoms with Gasteiger partial charge in [-0.05, 0) is 18.2 Å². The number of H-pyrrole nitrogens is 1. The molecule has 3 aromatic rings. The number of fused-ring (bicyclic) bond motifs is 1. The largest absolute Gasteiger partial charge is 0.345 e. The van der Waals surface area contributed by atoms with Gasteiger partial charge in [0.05, 0.1) is 10.7 Å². The van der Waals surface area contributed by atoms with Crippen molar-refractivity contribution in [2.75, 3.05) is 5.32 Å². The van der Waals surface area contributed by atoms with Crippen molar-refractivity contribution in [3.05, 3.63) is 41.7 Å². The number of rotatable bonds is 2. The van der Waals surface area contributed by atoms with Crippen molar-refractivity contribution in [3.63, 3.8) is 0 Å². The summed E-state index contributed by atoms with van der Waals surface area (Å²) in [6.45, 7) is 1.45. The third-order valence-electron chi connectivity index (χ3n) is 2.83. The molecule has 0 atom stereocenters. The smallest absolute Gasteiger partial charge is 0.222 e. The molecule has 0 aliphatic carbocycles. The van der Waals surface area contributed by atoms with E-state index in [0.29, 0.717) is 10.8 Å². The predicted octanol–water partition coefficient (Wildman–Crippen LogP) is 3.24. The second-order valence-corrected chi connectivity index (χ2v) is 4.78. The molecular weight excluding hydrogens is 276 g/mol. The summed E-state index contributed by atoms with van der Waals surface area (Å²) in [5.41, 5.74) is 2.38. The first-order valence-corrected chi connectivity index (χ1v) is 6.39. The average molecular weight is 287 g/mol. The Bertz CT molecular complexity index is 797. The predicted molar refractivity (Wildman–Crippen MR) is 78.6 cm³/mol. The Morgan fingerprint density at radius 1 is 1.40 bits per heavy atom. The van der Waals surface area contributed by atoms with Gasteiger partial charge in [0.25, 0.3) is 0 Å². The Kier molecular flexibility index (Phi) is 3.12. The molecule has 5 nitrogen and oxygen atoms in total. The number of carbonyl (C=O) groups excluding carboxylic acids is 1. The van der Waals surface area contributed by atoms with E-state index in [-0.39, 0.29) is 5.91 Å². The van der Waals surface area contributed by atoms with Gasteiger partial charge in [-0.15, -0.1) is 0 Å². The molecule has 0 saturated heterocycles. The van der Waals surface area contributed by atoms with Crippen LogP contribution < -0.4 is 5.32 Å². The highest BCUT2D eigenvalue weighted by atomic mass is 35.5. The zero-order chi connectivity index (χ0) is 14.1. The third-order valence-corrected chi connectivity index (χ3v) is 3.03. The summed E-state index contributed by atoms with van der Waals surface area (Å²) in [5, 5.41) is 4.12. The van der Waals surface area contributed by atoms with Gasteiger partial charge in [-0.1, -0.05) is 17.7 Å². The summed E-state index contributed by atoms with van der Waals surface area (Å²) >= 11 is 5.98. The highest BCUT2D eigenvalue weighted by Crippen LogP contribution is 2.28. The molecule has 1 amide bonds. The standard InChI is InChI=1S/C14H11ClN4O/c1-8(20)18-13-4-2-3-12(19-13)11-7-17-14-10(11)5-9(15)6-16-14/h2-7H,1H3,(H,16,17)(H,18,19,20). The third kappa shape index (κ3) is 2.35. The van der Waals surface area contributed by atoms with Crippen molar-refractivity contribution in [1.29, 1.82) is 0 Å². The number of hydrogen-bond donors (Lipinski definition) is 2. The second kappa shape index (κ2) is 4.94. The molecule has 0 aromatic carbocycles. The summed E-state index contributed by atoms with van der Waals surface area (Å²) in [6.07, 6.45) is 3.42. The van der Waals surface area contributed by atoms with Crippen LogP contribution in [-0.2, 0) is 4.79 Å². The molecule has 0 bridgehead atoms. The van der Waals surface area contributed by atoms with Crippen molar-refractivity contribution in [2.24, 2.45) is 0 Å². The van der Waals surface area contributed by atoms with E-state index in [1.54, 1.807) is 12.3 Å². The first-order chi connectivity index (χ1) is 9.63. The van der Waals surface area contributed by atoms with Gasteiger partial charge in [-0.3, -0.25) is 4.79 Å². The van der Waals surface area contributed by atoms with Gasteiger partial charge in [-0.2, -0.15) is 0 Å². The minimum atomic E-state index is -0.154. The number of hydrogen-bond acceptors (Lipinski definition) is 3. The number of halogens is 1. The molecule has 3 aromatic heterocycles. The number of nitrogens with one attached hydrogen (secondary N) is 2. The quantitative estimate of drug-likeness (QED) is 0.760. The van der Waals surface area contributed by atoms with Crippen LogP contribution in [0.1, 0.15) is 6.92 Å². The van der Waals surface area contributed by atoms with Crippen LogP contribution in [0.15, 0.2) is 36.7 Å². The summed E-state index contributed by atoms with van der Waals surface area (Å²) < 4.78 is 0. The summed E-state index contributed by atoms with van der Waals surface area (Å²) in [4.78, 5) is 22.8. The summed E-state index contributed by atoms with van der Waals surface area (Å²) in [7, 11) is 0. The minimum absolute atomic E-state index is 0.154. The fraction of sp³-hybridized carbons (Fsp3) is 0.0714. The van der Waals surface area contributed by atoms with Crippen molar-refractivity contribution in [1.82, 2.24) is 15.0 Å². The maximum atomic E-state index is 11.1. The maximum absolute atomic E-state index is 11.1. The number of nitrogens with zero attached hydrogens (tertiary/aromatic N) is 2. The minimum Gasteiger partial charge on any atom is -0.345 e.